The number of hydrogen-bond donors (Lipinski definition) is 1. The highest BCUT2D eigenvalue weighted by Crippen LogP contribution is 2.39. The van der Waals surface area contributed by atoms with Gasteiger partial charge in [-0.3, -0.25) is 4.90 Å². The molecule has 6 heteroatoms. The molecule has 2 fully saturated rings. The van der Waals surface area contributed by atoms with Gasteiger partial charge in [0.1, 0.15) is 0 Å². The molecule has 0 saturated carbocycles. The van der Waals surface area contributed by atoms with Crippen LogP contribution in [0.25, 0.3) is 0 Å². The molecule has 2 unspecified atom stereocenters. The van der Waals surface area contributed by atoms with Crippen molar-refractivity contribution in [1.29, 1.82) is 0 Å². The Morgan fingerprint density at radius 1 is 1.22 bits per heavy atom. The zero-order valence-electron chi connectivity index (χ0n) is 16.1. The molecule has 0 aliphatic carbocycles. The molecule has 2 saturated heterocycles. The molecule has 3 rings (SSSR count). The second-order valence-corrected chi connectivity index (χ2v) is 10.7. The molecule has 2 atom stereocenters. The summed E-state index contributed by atoms with van der Waals surface area (Å²) >= 11 is 5.51. The Morgan fingerprint density at radius 3 is 2.93 bits per heavy atom. The number of ether oxygens (including phenoxy) is 1. The van der Waals surface area contributed by atoms with Crippen LogP contribution in [0.1, 0.15) is 44.1 Å². The van der Waals surface area contributed by atoms with E-state index in [0.717, 1.165) is 55.9 Å². The summed E-state index contributed by atoms with van der Waals surface area (Å²) in [5, 5.41) is 4.33. The van der Waals surface area contributed by atoms with E-state index in [9.17, 15) is 0 Å². The maximum Gasteiger partial charge on any atom is 0.0753 e. The third kappa shape index (κ3) is 8.32. The lowest BCUT2D eigenvalue weighted by Gasteiger charge is -2.33. The molecule has 0 amide bonds. The molecule has 0 radical (unpaired) electrons. The summed E-state index contributed by atoms with van der Waals surface area (Å²) < 4.78 is 5.95. The second-order valence-electron chi connectivity index (χ2n) is 7.43. The Bertz CT molecular complexity index is 552. The van der Waals surface area contributed by atoms with E-state index in [1.807, 2.05) is 10.8 Å². The van der Waals surface area contributed by atoms with Crippen LogP contribution in [-0.4, -0.2) is 53.2 Å². The minimum atomic E-state index is 0.314. The fourth-order valence-corrected chi connectivity index (χ4v) is 6.90. The summed E-state index contributed by atoms with van der Waals surface area (Å²) in [5.41, 5.74) is 1.38. The molecule has 2 aliphatic heterocycles. The number of rotatable bonds is 10. The number of hydrogen-bond acceptors (Lipinski definition) is 5. The number of nitrogens with zero attached hydrogens (tertiary/aromatic N) is 1. The lowest BCUT2D eigenvalue weighted by Crippen LogP contribution is -2.43. The Hall–Kier alpha value is -0.270. The van der Waals surface area contributed by atoms with E-state index in [2.05, 4.69) is 51.3 Å². The van der Waals surface area contributed by atoms with Gasteiger partial charge in [-0.1, -0.05) is 70.6 Å². The summed E-state index contributed by atoms with van der Waals surface area (Å²) in [4.78, 5) is 3.53. The predicted octanol–water partition coefficient (Wildman–Crippen LogP) is 4.91. The van der Waals surface area contributed by atoms with Crippen molar-refractivity contribution in [2.75, 3.05) is 32.0 Å². The normalized spacial score (nSPS) is 23.4. The zero-order valence-corrected chi connectivity index (χ0v) is 18.6. The fraction of sp³-hybridized carbons (Fsp3) is 0.667. The topological polar surface area (TPSA) is 24.5 Å². The van der Waals surface area contributed by atoms with Gasteiger partial charge in [0.05, 0.1) is 17.7 Å². The maximum atomic E-state index is 5.95. The minimum absolute atomic E-state index is 0.314. The highest BCUT2D eigenvalue weighted by Gasteiger charge is 2.20. The van der Waals surface area contributed by atoms with Gasteiger partial charge in [0, 0.05) is 37.2 Å². The summed E-state index contributed by atoms with van der Waals surface area (Å²) in [6, 6.07) is 10.7. The summed E-state index contributed by atoms with van der Waals surface area (Å²) in [6.07, 6.45) is 7.65. The van der Waals surface area contributed by atoms with Crippen LogP contribution >= 0.6 is 33.8 Å². The van der Waals surface area contributed by atoms with Crippen LogP contribution in [0.5, 0.6) is 0 Å². The fourth-order valence-electron chi connectivity index (χ4n) is 3.62. The van der Waals surface area contributed by atoms with Crippen molar-refractivity contribution in [1.82, 2.24) is 10.2 Å². The Balaban J connectivity index is 1.24. The number of benzene rings is 1. The lowest BCUT2D eigenvalue weighted by molar-refractivity contribution is -0.0339. The van der Waals surface area contributed by atoms with Crippen molar-refractivity contribution in [3.8, 4) is 0 Å². The average Bonchev–Trinajstić information content (AvgIpc) is 3.20. The van der Waals surface area contributed by atoms with E-state index in [1.54, 1.807) is 0 Å². The largest absolute Gasteiger partial charge is 0.380 e. The Morgan fingerprint density at radius 2 is 2.11 bits per heavy atom. The van der Waals surface area contributed by atoms with Crippen LogP contribution < -0.4 is 5.32 Å². The van der Waals surface area contributed by atoms with Gasteiger partial charge >= 0.3 is 0 Å². The van der Waals surface area contributed by atoms with Gasteiger partial charge in [-0.25, -0.2) is 0 Å². The first kappa shape index (κ1) is 21.4. The monoisotopic (exact) mass is 424 g/mol. The quantitative estimate of drug-likeness (QED) is 0.325. The molecule has 1 aromatic rings. The highest BCUT2D eigenvalue weighted by atomic mass is 33.1. The van der Waals surface area contributed by atoms with Crippen LogP contribution in [0.2, 0.25) is 0 Å². The molecule has 2 heterocycles. The smallest absolute Gasteiger partial charge is 0.0753 e. The lowest BCUT2D eigenvalue weighted by atomic mass is 10.1. The molecule has 1 aromatic carbocycles. The van der Waals surface area contributed by atoms with E-state index in [0.29, 0.717) is 6.10 Å². The van der Waals surface area contributed by atoms with Crippen molar-refractivity contribution in [2.45, 2.75) is 56.4 Å². The molecule has 0 aromatic heterocycles. The molecular formula is C21H32N2OS3. The molecule has 1 N–H and O–H groups in total. The molecule has 150 valence electrons. The van der Waals surface area contributed by atoms with E-state index < -0.39 is 0 Å². The van der Waals surface area contributed by atoms with Gasteiger partial charge in [0.2, 0.25) is 0 Å². The molecule has 3 nitrogen and oxygen atoms in total. The van der Waals surface area contributed by atoms with Crippen LogP contribution in [0.4, 0.5) is 0 Å². The van der Waals surface area contributed by atoms with Crippen molar-refractivity contribution in [3.05, 3.63) is 35.9 Å². The summed E-state index contributed by atoms with van der Waals surface area (Å²) in [5.74, 6) is 1.33. The van der Waals surface area contributed by atoms with Crippen LogP contribution in [-0.2, 0) is 11.3 Å². The average molecular weight is 425 g/mol. The van der Waals surface area contributed by atoms with Gasteiger partial charge in [0.25, 0.3) is 0 Å². The van der Waals surface area contributed by atoms with E-state index in [4.69, 9.17) is 17.0 Å². The van der Waals surface area contributed by atoms with Crippen molar-refractivity contribution < 1.29 is 4.74 Å². The predicted molar refractivity (Wildman–Crippen MR) is 124 cm³/mol. The van der Waals surface area contributed by atoms with Gasteiger partial charge < -0.3 is 10.1 Å². The molecular weight excluding hydrogens is 392 g/mol. The summed E-state index contributed by atoms with van der Waals surface area (Å²) in [6.45, 7) is 4.82. The number of unbranched alkanes of at least 4 members (excludes halogenated alkanes) is 1. The van der Waals surface area contributed by atoms with Crippen molar-refractivity contribution in [2.24, 2.45) is 0 Å². The van der Waals surface area contributed by atoms with Crippen LogP contribution in [0.3, 0.4) is 0 Å². The van der Waals surface area contributed by atoms with Gasteiger partial charge in [0.15, 0.2) is 0 Å². The molecule has 2 aliphatic rings. The van der Waals surface area contributed by atoms with Gasteiger partial charge in [-0.2, -0.15) is 0 Å². The molecule has 0 bridgehead atoms. The van der Waals surface area contributed by atoms with Crippen LogP contribution in [0, 0.1) is 0 Å². The maximum absolute atomic E-state index is 5.95. The van der Waals surface area contributed by atoms with E-state index in [1.165, 1.54) is 37.0 Å². The van der Waals surface area contributed by atoms with Gasteiger partial charge in [-0.05, 0) is 37.7 Å². The van der Waals surface area contributed by atoms with Crippen molar-refractivity contribution in [3.63, 3.8) is 0 Å². The van der Waals surface area contributed by atoms with Gasteiger partial charge in [-0.15, -0.1) is 0 Å². The van der Waals surface area contributed by atoms with Crippen LogP contribution in [0.15, 0.2) is 30.3 Å². The molecule has 27 heavy (non-hydrogen) atoms. The first-order valence-corrected chi connectivity index (χ1v) is 13.0. The molecule has 0 spiro atoms. The first-order chi connectivity index (χ1) is 13.3. The van der Waals surface area contributed by atoms with Crippen molar-refractivity contribution >= 4 is 38.8 Å². The third-order valence-electron chi connectivity index (χ3n) is 5.17. The summed E-state index contributed by atoms with van der Waals surface area (Å²) in [7, 11) is 4.12. The Labute approximate surface area is 177 Å². The Kier molecular flexibility index (Phi) is 9.79. The third-order valence-corrected chi connectivity index (χ3v) is 8.52. The first-order valence-electron chi connectivity index (χ1n) is 10.2. The van der Waals surface area contributed by atoms with E-state index >= 15 is 0 Å². The highest BCUT2D eigenvalue weighted by molar-refractivity contribution is 8.77. The number of thiocarbonyl (C=S) groups is 1. The second kappa shape index (κ2) is 12.3. The standard InChI is InChI=1S/C21H32N2OS3/c25-21(9-5-4-8-20-11-15-26-27-20)22-12-10-19-17-23(13-14-24-19)16-18-6-2-1-3-7-18/h1-3,6-7,19-20H,4-5,8-17H2,(H,22,25). The minimum Gasteiger partial charge on any atom is -0.380 e. The van der Waals surface area contributed by atoms with E-state index in [-0.39, 0.29) is 0 Å². The zero-order chi connectivity index (χ0) is 18.7. The number of morpholine rings is 1. The number of nitrogens with one attached hydrogen (secondary N) is 1. The SMILES string of the molecule is S=C(CCCCC1CCSS1)NCCC1CN(Cc2ccccc2)CCO1.